The molecule has 1 rings (SSSR count). The van der Waals surface area contributed by atoms with Gasteiger partial charge in [-0.05, 0) is 45.5 Å². The Kier molecular flexibility index (Phi) is 5.42. The Morgan fingerprint density at radius 3 is 2.28 bits per heavy atom. The van der Waals surface area contributed by atoms with Crippen LogP contribution >= 0.6 is 0 Å². The molecule has 0 radical (unpaired) electrons. The first kappa shape index (κ1) is 15.3. The molecule has 0 bridgehead atoms. The van der Waals surface area contributed by atoms with Crippen LogP contribution in [-0.2, 0) is 13.6 Å². The quantitative estimate of drug-likeness (QED) is 0.837. The van der Waals surface area contributed by atoms with E-state index in [4.69, 9.17) is 0 Å². The largest absolute Gasteiger partial charge is 0.352 e. The molecule has 0 spiro atoms. The molecule has 0 fully saturated rings. The molecule has 0 aliphatic heterocycles. The van der Waals surface area contributed by atoms with E-state index in [9.17, 15) is 0 Å². The molecule has 1 aromatic heterocycles. The van der Waals surface area contributed by atoms with Crippen molar-refractivity contribution in [3.63, 3.8) is 0 Å². The minimum Gasteiger partial charge on any atom is -0.352 e. The van der Waals surface area contributed by atoms with E-state index in [0.717, 1.165) is 13.1 Å². The summed E-state index contributed by atoms with van der Waals surface area (Å²) in [5.41, 5.74) is 4.11. The van der Waals surface area contributed by atoms with Gasteiger partial charge in [0.15, 0.2) is 0 Å². The SMILES string of the molecule is Cc1cc(CNCC(C(C)C)N(C)C)c(C)n1C. The van der Waals surface area contributed by atoms with Crippen molar-refractivity contribution in [1.82, 2.24) is 14.8 Å². The lowest BCUT2D eigenvalue weighted by molar-refractivity contribution is 0.224. The van der Waals surface area contributed by atoms with E-state index >= 15 is 0 Å². The van der Waals surface area contributed by atoms with E-state index in [1.54, 1.807) is 0 Å². The highest BCUT2D eigenvalue weighted by atomic mass is 15.1. The number of nitrogens with one attached hydrogen (secondary N) is 1. The van der Waals surface area contributed by atoms with E-state index < -0.39 is 0 Å². The van der Waals surface area contributed by atoms with Crippen molar-refractivity contribution in [2.75, 3.05) is 20.6 Å². The number of nitrogens with zero attached hydrogens (tertiary/aromatic N) is 2. The average molecular weight is 251 g/mol. The van der Waals surface area contributed by atoms with E-state index in [1.807, 2.05) is 0 Å². The molecule has 0 aliphatic carbocycles. The van der Waals surface area contributed by atoms with E-state index in [0.29, 0.717) is 12.0 Å². The molecule has 0 saturated heterocycles. The lowest BCUT2D eigenvalue weighted by Crippen LogP contribution is -2.41. The van der Waals surface area contributed by atoms with Crippen molar-refractivity contribution in [3.05, 3.63) is 23.0 Å². The highest BCUT2D eigenvalue weighted by molar-refractivity contribution is 5.26. The lowest BCUT2D eigenvalue weighted by atomic mass is 10.0. The van der Waals surface area contributed by atoms with Gasteiger partial charge in [0.05, 0.1) is 0 Å². The van der Waals surface area contributed by atoms with Gasteiger partial charge in [-0.15, -0.1) is 0 Å². The molecule has 0 aromatic carbocycles. The highest BCUT2D eigenvalue weighted by Crippen LogP contribution is 2.13. The summed E-state index contributed by atoms with van der Waals surface area (Å²) >= 11 is 0. The minimum atomic E-state index is 0.593. The first-order chi connectivity index (χ1) is 8.34. The van der Waals surface area contributed by atoms with Crippen LogP contribution in [0.2, 0.25) is 0 Å². The first-order valence-electron chi connectivity index (χ1n) is 6.83. The Bertz CT molecular complexity index is 369. The maximum Gasteiger partial charge on any atom is 0.0237 e. The third-order valence-corrected chi connectivity index (χ3v) is 3.98. The van der Waals surface area contributed by atoms with E-state index in [1.165, 1.54) is 17.0 Å². The van der Waals surface area contributed by atoms with E-state index in [-0.39, 0.29) is 0 Å². The normalized spacial score (nSPS) is 13.6. The fourth-order valence-corrected chi connectivity index (χ4v) is 2.48. The summed E-state index contributed by atoms with van der Waals surface area (Å²) in [6.45, 7) is 10.9. The Hall–Kier alpha value is -0.800. The zero-order chi connectivity index (χ0) is 13.9. The summed E-state index contributed by atoms with van der Waals surface area (Å²) in [5.74, 6) is 0.672. The van der Waals surface area contributed by atoms with Crippen molar-refractivity contribution < 1.29 is 0 Å². The molecule has 1 unspecified atom stereocenters. The van der Waals surface area contributed by atoms with Gasteiger partial charge in [-0.25, -0.2) is 0 Å². The van der Waals surface area contributed by atoms with Crippen molar-refractivity contribution in [1.29, 1.82) is 0 Å². The van der Waals surface area contributed by atoms with Crippen LogP contribution in [0.15, 0.2) is 6.07 Å². The van der Waals surface area contributed by atoms with E-state index in [2.05, 4.69) is 69.7 Å². The molecule has 1 heterocycles. The highest BCUT2D eigenvalue weighted by Gasteiger charge is 2.15. The second-order valence-electron chi connectivity index (χ2n) is 5.86. The first-order valence-corrected chi connectivity index (χ1v) is 6.83. The van der Waals surface area contributed by atoms with Crippen LogP contribution in [0.4, 0.5) is 0 Å². The molecule has 3 nitrogen and oxygen atoms in total. The third kappa shape index (κ3) is 3.59. The Morgan fingerprint density at radius 2 is 1.89 bits per heavy atom. The fourth-order valence-electron chi connectivity index (χ4n) is 2.48. The van der Waals surface area contributed by atoms with Gasteiger partial charge in [0.2, 0.25) is 0 Å². The maximum absolute atomic E-state index is 3.59. The molecular formula is C15H29N3. The molecule has 104 valence electrons. The van der Waals surface area contributed by atoms with Gasteiger partial charge >= 0.3 is 0 Å². The standard InChI is InChI=1S/C15H29N3/c1-11(2)15(17(5)6)10-16-9-14-8-12(3)18(7)13(14)4/h8,11,15-16H,9-10H2,1-7H3. The van der Waals surface area contributed by atoms with Gasteiger partial charge in [0.25, 0.3) is 0 Å². The van der Waals surface area contributed by atoms with Gasteiger partial charge < -0.3 is 14.8 Å². The Balaban J connectivity index is 2.53. The van der Waals surface area contributed by atoms with Gasteiger partial charge in [0.1, 0.15) is 0 Å². The van der Waals surface area contributed by atoms with Crippen molar-refractivity contribution in [2.24, 2.45) is 13.0 Å². The zero-order valence-electron chi connectivity index (χ0n) is 13.0. The summed E-state index contributed by atoms with van der Waals surface area (Å²) in [4.78, 5) is 2.31. The summed E-state index contributed by atoms with van der Waals surface area (Å²) in [5, 5.41) is 3.59. The number of rotatable bonds is 6. The van der Waals surface area contributed by atoms with Gasteiger partial charge in [-0.2, -0.15) is 0 Å². The summed E-state index contributed by atoms with van der Waals surface area (Å²) in [6.07, 6.45) is 0. The fraction of sp³-hybridized carbons (Fsp3) is 0.733. The van der Waals surface area contributed by atoms with Crippen molar-refractivity contribution in [3.8, 4) is 0 Å². The maximum atomic E-state index is 3.59. The predicted molar refractivity (Wildman–Crippen MR) is 78.9 cm³/mol. The van der Waals surface area contributed by atoms with Crippen LogP contribution in [0.3, 0.4) is 0 Å². The molecule has 1 aromatic rings. The second-order valence-corrected chi connectivity index (χ2v) is 5.86. The van der Waals surface area contributed by atoms with Crippen LogP contribution in [0.5, 0.6) is 0 Å². The minimum absolute atomic E-state index is 0.593. The number of likely N-dealkylation sites (N-methyl/N-ethyl adjacent to an activating group) is 1. The second kappa shape index (κ2) is 6.39. The van der Waals surface area contributed by atoms with Crippen molar-refractivity contribution in [2.45, 2.75) is 40.3 Å². The molecule has 0 saturated carbocycles. The lowest BCUT2D eigenvalue weighted by Gasteiger charge is -2.28. The van der Waals surface area contributed by atoms with Crippen molar-refractivity contribution >= 4 is 0 Å². The third-order valence-electron chi connectivity index (χ3n) is 3.98. The van der Waals surface area contributed by atoms with Crippen LogP contribution in [-0.4, -0.2) is 36.1 Å². The predicted octanol–water partition coefficient (Wildman–Crippen LogP) is 2.32. The number of hydrogen-bond donors (Lipinski definition) is 1. The van der Waals surface area contributed by atoms with Crippen LogP contribution in [0.25, 0.3) is 0 Å². The van der Waals surface area contributed by atoms with Gasteiger partial charge in [-0.1, -0.05) is 13.8 Å². The van der Waals surface area contributed by atoms with Gasteiger partial charge in [0, 0.05) is 37.6 Å². The molecular weight excluding hydrogens is 222 g/mol. The monoisotopic (exact) mass is 251 g/mol. The number of aryl methyl sites for hydroxylation is 1. The zero-order valence-corrected chi connectivity index (χ0v) is 13.0. The molecule has 1 atom stereocenters. The van der Waals surface area contributed by atoms with Crippen LogP contribution < -0.4 is 5.32 Å². The molecule has 3 heteroatoms. The van der Waals surface area contributed by atoms with Crippen LogP contribution in [0, 0.1) is 19.8 Å². The number of hydrogen-bond acceptors (Lipinski definition) is 2. The number of aromatic nitrogens is 1. The Morgan fingerprint density at radius 1 is 1.28 bits per heavy atom. The Labute approximate surface area is 112 Å². The van der Waals surface area contributed by atoms with Gasteiger partial charge in [-0.3, -0.25) is 0 Å². The smallest absolute Gasteiger partial charge is 0.0237 e. The average Bonchev–Trinajstić information content (AvgIpc) is 2.51. The molecule has 18 heavy (non-hydrogen) atoms. The summed E-state index contributed by atoms with van der Waals surface area (Å²) in [6, 6.07) is 2.87. The van der Waals surface area contributed by atoms with Crippen LogP contribution in [0.1, 0.15) is 30.8 Å². The summed E-state index contributed by atoms with van der Waals surface area (Å²) in [7, 11) is 6.44. The summed E-state index contributed by atoms with van der Waals surface area (Å²) < 4.78 is 2.25. The molecule has 0 aliphatic rings. The molecule has 1 N–H and O–H groups in total. The topological polar surface area (TPSA) is 20.2 Å². The molecule has 0 amide bonds.